The summed E-state index contributed by atoms with van der Waals surface area (Å²) in [4.78, 5) is 9.19. The zero-order valence-corrected chi connectivity index (χ0v) is 16.7. The van der Waals surface area contributed by atoms with Crippen molar-refractivity contribution in [1.29, 1.82) is 0 Å². The number of imidazole rings is 1. The smallest absolute Gasteiger partial charge is 0.141 e. The molecule has 2 aromatic carbocycles. The summed E-state index contributed by atoms with van der Waals surface area (Å²) in [5.41, 5.74) is 2.02. The van der Waals surface area contributed by atoms with E-state index in [9.17, 15) is 0 Å². The van der Waals surface area contributed by atoms with Gasteiger partial charge in [-0.3, -0.25) is 4.98 Å². The standard InChI is InChI=1S/C20H18N5.Ir/c1-2-9-18-22-20(23-25(18)17-12-7-4-8-13-17)24-15-14-21-19(24)16-10-5-3-6-11-16;/h3-8,10-14H,2,9H2,1H3;/q-1;. The van der Waals surface area contributed by atoms with Crippen molar-refractivity contribution in [3.05, 3.63) is 78.9 Å². The molecule has 0 amide bonds. The molecule has 0 aliphatic heterocycles. The Hall–Kier alpha value is -2.56. The second-order valence-corrected chi connectivity index (χ2v) is 5.74. The molecule has 5 nitrogen and oxygen atoms in total. The minimum absolute atomic E-state index is 0. The third-order valence-corrected chi connectivity index (χ3v) is 3.95. The number of benzene rings is 2. The molecule has 6 heteroatoms. The maximum atomic E-state index is 4.75. The summed E-state index contributed by atoms with van der Waals surface area (Å²) in [5, 5.41) is 4.72. The molecular weight excluding hydrogens is 502 g/mol. The number of hydrogen-bond donors (Lipinski definition) is 0. The van der Waals surface area contributed by atoms with E-state index in [-0.39, 0.29) is 20.1 Å². The van der Waals surface area contributed by atoms with E-state index < -0.39 is 0 Å². The van der Waals surface area contributed by atoms with Gasteiger partial charge in [0.1, 0.15) is 11.8 Å². The number of nitrogens with zero attached hydrogens (tertiary/aromatic N) is 5. The maximum Gasteiger partial charge on any atom is 0.141 e. The summed E-state index contributed by atoms with van der Waals surface area (Å²) in [5.74, 6) is 2.31. The average Bonchev–Trinajstić information content (AvgIpc) is 3.30. The molecule has 4 rings (SSSR count). The van der Waals surface area contributed by atoms with E-state index in [1.807, 2.05) is 69.9 Å². The average molecular weight is 521 g/mol. The van der Waals surface area contributed by atoms with Crippen LogP contribution >= 0.6 is 0 Å². The van der Waals surface area contributed by atoms with Crippen LogP contribution < -0.4 is 0 Å². The zero-order chi connectivity index (χ0) is 17.1. The molecule has 26 heavy (non-hydrogen) atoms. The third kappa shape index (κ3) is 3.52. The van der Waals surface area contributed by atoms with Gasteiger partial charge in [0.15, 0.2) is 0 Å². The summed E-state index contributed by atoms with van der Waals surface area (Å²) >= 11 is 0. The minimum atomic E-state index is 0. The molecule has 0 bridgehead atoms. The fourth-order valence-corrected chi connectivity index (χ4v) is 2.80. The van der Waals surface area contributed by atoms with E-state index in [4.69, 9.17) is 10.1 Å². The molecule has 1 radical (unpaired) electrons. The summed E-state index contributed by atoms with van der Waals surface area (Å²) in [6, 6.07) is 20.1. The summed E-state index contributed by atoms with van der Waals surface area (Å²) in [7, 11) is 0. The van der Waals surface area contributed by atoms with Gasteiger partial charge in [-0.1, -0.05) is 61.7 Å². The molecule has 0 fully saturated rings. The largest absolute Gasteiger partial charge is 0.429 e. The van der Waals surface area contributed by atoms with Crippen LogP contribution in [0.25, 0.3) is 23.0 Å². The fourth-order valence-electron chi connectivity index (χ4n) is 2.80. The molecule has 0 unspecified atom stereocenters. The van der Waals surface area contributed by atoms with Crippen molar-refractivity contribution in [2.24, 2.45) is 0 Å². The molecule has 133 valence electrons. The Balaban J connectivity index is 0.00000196. The first-order valence-electron chi connectivity index (χ1n) is 8.39. The van der Waals surface area contributed by atoms with E-state index in [2.05, 4.69) is 18.1 Å². The molecule has 0 atom stereocenters. The van der Waals surface area contributed by atoms with Crippen molar-refractivity contribution in [2.45, 2.75) is 19.8 Å². The van der Waals surface area contributed by atoms with E-state index >= 15 is 0 Å². The molecule has 2 heterocycles. The second kappa shape index (κ2) is 8.21. The number of para-hydroxylation sites is 1. The number of rotatable bonds is 5. The van der Waals surface area contributed by atoms with E-state index in [1.54, 1.807) is 6.20 Å². The van der Waals surface area contributed by atoms with Crippen LogP contribution in [0.2, 0.25) is 0 Å². The van der Waals surface area contributed by atoms with Crippen LogP contribution in [0.5, 0.6) is 0 Å². The van der Waals surface area contributed by atoms with Crippen molar-refractivity contribution in [3.63, 3.8) is 0 Å². The van der Waals surface area contributed by atoms with E-state index in [0.717, 1.165) is 35.7 Å². The number of aryl methyl sites for hydroxylation is 1. The van der Waals surface area contributed by atoms with E-state index in [0.29, 0.717) is 5.95 Å². The van der Waals surface area contributed by atoms with Gasteiger partial charge in [-0.25, -0.2) is 4.68 Å². The maximum absolute atomic E-state index is 4.75. The molecule has 2 aromatic heterocycles. The van der Waals surface area contributed by atoms with Gasteiger partial charge in [0.25, 0.3) is 0 Å². The summed E-state index contributed by atoms with van der Waals surface area (Å²) < 4.78 is 3.72. The molecule has 0 N–H and O–H groups in total. The first kappa shape index (κ1) is 18.2. The van der Waals surface area contributed by atoms with Crippen molar-refractivity contribution in [3.8, 4) is 23.0 Å². The van der Waals surface area contributed by atoms with Gasteiger partial charge >= 0.3 is 0 Å². The van der Waals surface area contributed by atoms with E-state index in [1.165, 1.54) is 0 Å². The van der Waals surface area contributed by atoms with Crippen LogP contribution in [0.4, 0.5) is 0 Å². The van der Waals surface area contributed by atoms with Gasteiger partial charge in [0.2, 0.25) is 0 Å². The predicted molar refractivity (Wildman–Crippen MR) is 96.7 cm³/mol. The monoisotopic (exact) mass is 521 g/mol. The normalized spacial score (nSPS) is 10.5. The molecule has 4 aromatic rings. The Morgan fingerprint density at radius 1 is 0.962 bits per heavy atom. The Kier molecular flexibility index (Phi) is 5.76. The first-order valence-corrected chi connectivity index (χ1v) is 8.39. The molecule has 0 saturated carbocycles. The van der Waals surface area contributed by atoms with Crippen molar-refractivity contribution < 1.29 is 20.1 Å². The SMILES string of the molecule is CCCc1nc(-n2[c-]cnc2-c2ccccc2)nn1-c1ccccc1.[Ir]. The zero-order valence-electron chi connectivity index (χ0n) is 14.3. The first-order chi connectivity index (χ1) is 12.4. The van der Waals surface area contributed by atoms with Crippen LogP contribution in [-0.4, -0.2) is 24.3 Å². The topological polar surface area (TPSA) is 48.5 Å². The fraction of sp³-hybridized carbons (Fsp3) is 0.150. The third-order valence-electron chi connectivity index (χ3n) is 3.95. The Morgan fingerprint density at radius 3 is 2.35 bits per heavy atom. The van der Waals surface area contributed by atoms with Crippen LogP contribution in [0.3, 0.4) is 0 Å². The van der Waals surface area contributed by atoms with Crippen molar-refractivity contribution in [2.75, 3.05) is 0 Å². The molecule has 0 aliphatic rings. The molecule has 0 saturated heterocycles. The quantitative estimate of drug-likeness (QED) is 0.376. The Bertz CT molecular complexity index is 960. The summed E-state index contributed by atoms with van der Waals surface area (Å²) in [6.07, 6.45) is 6.64. The molecular formula is C20H18IrN5-. The van der Waals surface area contributed by atoms with Gasteiger partial charge in [0, 0.05) is 32.4 Å². The molecule has 0 spiro atoms. The van der Waals surface area contributed by atoms with Gasteiger partial charge < -0.3 is 9.55 Å². The number of aromatic nitrogens is 5. The van der Waals surface area contributed by atoms with Crippen LogP contribution in [-0.2, 0) is 26.5 Å². The Morgan fingerprint density at radius 2 is 1.65 bits per heavy atom. The van der Waals surface area contributed by atoms with Crippen molar-refractivity contribution >= 4 is 0 Å². The van der Waals surface area contributed by atoms with Crippen LogP contribution in [0, 0.1) is 6.20 Å². The van der Waals surface area contributed by atoms with Crippen LogP contribution in [0.1, 0.15) is 19.2 Å². The van der Waals surface area contributed by atoms with Gasteiger partial charge in [-0.05, 0) is 30.3 Å². The van der Waals surface area contributed by atoms with Gasteiger partial charge in [-0.15, -0.1) is 0 Å². The van der Waals surface area contributed by atoms with Crippen LogP contribution in [0.15, 0.2) is 66.9 Å². The molecule has 0 aliphatic carbocycles. The Labute approximate surface area is 166 Å². The predicted octanol–water partition coefficient (Wildman–Crippen LogP) is 3.87. The minimum Gasteiger partial charge on any atom is -0.429 e. The second-order valence-electron chi connectivity index (χ2n) is 5.74. The number of hydrogen-bond acceptors (Lipinski definition) is 3. The summed E-state index contributed by atoms with van der Waals surface area (Å²) in [6.45, 7) is 2.14. The van der Waals surface area contributed by atoms with Gasteiger partial charge in [-0.2, -0.15) is 5.10 Å². The van der Waals surface area contributed by atoms with Crippen molar-refractivity contribution in [1.82, 2.24) is 24.3 Å². The van der Waals surface area contributed by atoms with Gasteiger partial charge in [0.05, 0.1) is 5.69 Å².